The molecule has 0 radical (unpaired) electrons. The van der Waals surface area contributed by atoms with Gasteiger partial charge in [0.1, 0.15) is 10.6 Å². The second-order valence-electron chi connectivity index (χ2n) is 13.4. The fourth-order valence-corrected chi connectivity index (χ4v) is 8.90. The Morgan fingerprint density at radius 1 is 1.09 bits per heavy atom. The van der Waals surface area contributed by atoms with E-state index in [4.69, 9.17) is 0 Å². The molecule has 0 fully saturated rings. The van der Waals surface area contributed by atoms with E-state index < -0.39 is 31.4 Å². The Hall–Kier alpha value is -5.96. The Kier molecular flexibility index (Phi) is 11.7. The molecular formula is C37H38N11O6S3+. The predicted octanol–water partition coefficient (Wildman–Crippen LogP) is 4.84. The van der Waals surface area contributed by atoms with Gasteiger partial charge in [-0.3, -0.25) is 14.6 Å². The first-order valence-electron chi connectivity index (χ1n) is 17.7. The van der Waals surface area contributed by atoms with Crippen molar-refractivity contribution in [1.82, 2.24) is 34.0 Å². The maximum atomic E-state index is 13.4. The Labute approximate surface area is 335 Å². The molecule has 7 rings (SSSR count). The molecule has 17 nitrogen and oxygen atoms in total. The molecule has 5 heterocycles. The Morgan fingerprint density at radius 3 is 2.68 bits per heavy atom. The van der Waals surface area contributed by atoms with E-state index in [0.717, 1.165) is 39.6 Å². The summed E-state index contributed by atoms with van der Waals surface area (Å²) in [6, 6.07) is 16.0. The van der Waals surface area contributed by atoms with Crippen molar-refractivity contribution < 1.29 is 28.1 Å². The molecule has 1 aliphatic heterocycles. The molecule has 57 heavy (non-hydrogen) atoms. The van der Waals surface area contributed by atoms with Crippen molar-refractivity contribution in [2.75, 3.05) is 48.5 Å². The molecule has 0 bridgehead atoms. The van der Waals surface area contributed by atoms with E-state index in [0.29, 0.717) is 60.4 Å². The molecule has 6 aromatic rings. The van der Waals surface area contributed by atoms with E-state index in [1.165, 1.54) is 5.38 Å². The summed E-state index contributed by atoms with van der Waals surface area (Å²) in [6.45, 7) is 1.59. The van der Waals surface area contributed by atoms with Crippen molar-refractivity contribution in [3.63, 3.8) is 0 Å². The molecule has 2 aromatic carbocycles. The number of thioether (sulfide) groups is 1. The fourth-order valence-electron chi connectivity index (χ4n) is 6.15. The number of amides is 2. The summed E-state index contributed by atoms with van der Waals surface area (Å²) in [5, 5.41) is 17.9. The topological polar surface area (TPSA) is 207 Å². The highest BCUT2D eigenvalue weighted by Crippen LogP contribution is 2.31. The Balaban J connectivity index is 1.02. The van der Waals surface area contributed by atoms with Crippen LogP contribution < -0.4 is 20.3 Å². The average molecular weight is 829 g/mol. The predicted molar refractivity (Wildman–Crippen MR) is 216 cm³/mol. The summed E-state index contributed by atoms with van der Waals surface area (Å²) in [6.07, 6.45) is 8.92. The number of anilines is 3. The molecule has 4 N–H and O–H groups in total. The van der Waals surface area contributed by atoms with Gasteiger partial charge in [0.05, 0.1) is 23.5 Å². The van der Waals surface area contributed by atoms with Crippen LogP contribution in [0, 0.1) is 4.91 Å². The minimum atomic E-state index is -4.56. The molecule has 20 heteroatoms. The molecule has 4 aromatic heterocycles. The number of thiazole rings is 1. The molecule has 2 amide bonds. The minimum absolute atomic E-state index is 0.0178. The van der Waals surface area contributed by atoms with Crippen molar-refractivity contribution in [2.45, 2.75) is 35.2 Å². The maximum absolute atomic E-state index is 13.4. The standard InChI is InChI=1S/C37H37N11O6S3/c1-45(2)14-12-25(22-55-26-8-4-3-5-9-26)40-34-31(48(51)52)17-27(18-39-34)57(53,54)44-36(50)30-23-56-37(41-30)47-15-11-24-7-6-10-28(29(24)20-47)35(49)43-32-21-46-16-13-38-19-33(46)42-32/h3-10,13,16-19,21,23,25H,11-12,14-15,20,22H2,1-2H3,(H3-,39,40,43,44,49,50,51,52)/p+1/t25-/m1/s1. The van der Waals surface area contributed by atoms with Crippen LogP contribution in [0.2, 0.25) is 0 Å². The zero-order chi connectivity index (χ0) is 40.1. The second kappa shape index (κ2) is 17.0. The molecule has 0 saturated carbocycles. The highest BCUT2D eigenvalue weighted by molar-refractivity contribution is 7.99. The number of hydrogen-bond acceptors (Lipinski definition) is 14. The molecule has 1 aliphatic rings. The molecule has 294 valence electrons. The lowest BCUT2D eigenvalue weighted by molar-refractivity contribution is -0.729. The van der Waals surface area contributed by atoms with Gasteiger partial charge in [-0.1, -0.05) is 30.3 Å². The summed E-state index contributed by atoms with van der Waals surface area (Å²) in [7, 11) is -0.687. The fraction of sp³-hybridized carbons (Fsp3) is 0.243. The number of fused-ring (bicyclic) bond motifs is 2. The van der Waals surface area contributed by atoms with E-state index in [2.05, 4.69) is 30.6 Å². The Morgan fingerprint density at radius 2 is 1.91 bits per heavy atom. The number of benzene rings is 2. The number of carbonyl (C=O) groups excluding carboxylic acids is 2. The molecule has 1 atom stereocenters. The maximum Gasteiger partial charge on any atom is 0.359 e. The third-order valence-corrected chi connectivity index (χ3v) is 12.4. The minimum Gasteiger partial charge on any atom is -0.361 e. The van der Waals surface area contributed by atoms with E-state index in [9.17, 15) is 28.1 Å². The number of sulfonamides is 1. The average Bonchev–Trinajstić information content (AvgIpc) is 3.86. The zero-order valence-corrected chi connectivity index (χ0v) is 33.2. The highest BCUT2D eigenvalue weighted by atomic mass is 32.2. The van der Waals surface area contributed by atoms with E-state index in [1.54, 1.807) is 47.0 Å². The summed E-state index contributed by atoms with van der Waals surface area (Å²) in [5.41, 5.74) is 2.28. The smallest absolute Gasteiger partial charge is 0.359 e. The number of nitrogens with zero attached hydrogens (tertiary/aromatic N) is 8. The quantitative estimate of drug-likeness (QED) is 0.0808. The summed E-state index contributed by atoms with van der Waals surface area (Å²) >= 11 is 2.76. The zero-order valence-electron chi connectivity index (χ0n) is 30.8. The van der Waals surface area contributed by atoms with Crippen molar-refractivity contribution in [3.05, 3.63) is 118 Å². The Bertz CT molecular complexity index is 2510. The van der Waals surface area contributed by atoms with Gasteiger partial charge in [0.2, 0.25) is 5.82 Å². The number of carbonyl (C=O) groups is 2. The monoisotopic (exact) mass is 828 g/mol. The highest BCUT2D eigenvalue weighted by Gasteiger charge is 2.30. The molecule has 0 aliphatic carbocycles. The van der Waals surface area contributed by atoms with Crippen LogP contribution in [0.5, 0.6) is 0 Å². The molecule has 0 unspecified atom stereocenters. The number of nitrogens with one attached hydrogen (secondary N) is 3. The van der Waals surface area contributed by atoms with Crippen LogP contribution in [0.3, 0.4) is 0 Å². The lowest BCUT2D eigenvalue weighted by Crippen LogP contribution is -2.33. The largest absolute Gasteiger partial charge is 0.361 e. The SMILES string of the molecule is CN(C)CC[C@H](CSc1ccccc1)Nc1ncc(S(=O)(=O)NC(=O)c2csc(N3CCc4cccc(C(=O)Nc5cn6ccncc6n5)c4C3)n2)cc1[N+](=O)O. The van der Waals surface area contributed by atoms with E-state index >= 15 is 0 Å². The van der Waals surface area contributed by atoms with E-state index in [1.807, 2.05) is 71.1 Å². The van der Waals surface area contributed by atoms with Gasteiger partial charge in [-0.25, -0.2) is 33.3 Å². The van der Waals surface area contributed by atoms with Crippen LogP contribution in [0.4, 0.5) is 22.5 Å². The van der Waals surface area contributed by atoms with Gasteiger partial charge in [-0.2, -0.15) is 0 Å². The normalized spacial score (nSPS) is 13.3. The summed E-state index contributed by atoms with van der Waals surface area (Å²) in [5.74, 6) is -0.370. The third-order valence-electron chi connectivity index (χ3n) is 9.06. The van der Waals surface area contributed by atoms with Crippen molar-refractivity contribution in [2.24, 2.45) is 0 Å². The van der Waals surface area contributed by atoms with E-state index in [-0.39, 0.29) is 23.5 Å². The third kappa shape index (κ3) is 9.37. The van der Waals surface area contributed by atoms with Gasteiger partial charge in [0.15, 0.2) is 16.6 Å². The second-order valence-corrected chi connectivity index (χ2v) is 17.0. The summed E-state index contributed by atoms with van der Waals surface area (Å²) < 4.78 is 30.6. The number of rotatable bonds is 15. The van der Waals surface area contributed by atoms with Gasteiger partial charge in [0.25, 0.3) is 26.8 Å². The number of imidazole rings is 1. The molecule has 0 spiro atoms. The first kappa shape index (κ1) is 39.3. The van der Waals surface area contributed by atoms with Crippen LogP contribution in [-0.4, -0.2) is 98.6 Å². The first-order valence-corrected chi connectivity index (χ1v) is 21.0. The molecular weight excluding hydrogens is 791 g/mol. The number of aromatic nitrogens is 5. The van der Waals surface area contributed by atoms with Gasteiger partial charge in [-0.05, 0) is 62.8 Å². The molecule has 0 saturated heterocycles. The van der Waals surface area contributed by atoms with Crippen LogP contribution in [0.15, 0.2) is 101 Å². The van der Waals surface area contributed by atoms with Crippen LogP contribution in [0.1, 0.15) is 38.4 Å². The summed E-state index contributed by atoms with van der Waals surface area (Å²) in [4.78, 5) is 60.1. The van der Waals surface area contributed by atoms with Gasteiger partial charge in [-0.15, -0.1) is 23.1 Å². The number of pyridine rings is 1. The lowest BCUT2D eigenvalue weighted by Gasteiger charge is -2.29. The van der Waals surface area contributed by atoms with Gasteiger partial charge >= 0.3 is 5.69 Å². The van der Waals surface area contributed by atoms with Gasteiger partial charge in [0, 0.05) is 59.2 Å². The van der Waals surface area contributed by atoms with Crippen LogP contribution in [-0.2, 0) is 23.0 Å². The van der Waals surface area contributed by atoms with Crippen molar-refractivity contribution in [3.8, 4) is 0 Å². The van der Waals surface area contributed by atoms with Crippen molar-refractivity contribution >= 4 is 73.0 Å². The van der Waals surface area contributed by atoms with Crippen LogP contribution >= 0.6 is 23.1 Å². The van der Waals surface area contributed by atoms with Crippen LogP contribution in [0.25, 0.3) is 5.65 Å². The first-order chi connectivity index (χ1) is 27.4. The number of hydrogen-bond donors (Lipinski definition) is 4. The van der Waals surface area contributed by atoms with Crippen molar-refractivity contribution in [1.29, 1.82) is 0 Å². The van der Waals surface area contributed by atoms with Gasteiger partial charge < -0.3 is 24.8 Å². The lowest BCUT2D eigenvalue weighted by atomic mass is 9.94.